The molecular formula is C23H20BrClN2O4. The number of hydrogen-bond acceptors (Lipinski definition) is 5. The van der Waals surface area contributed by atoms with Crippen LogP contribution in [-0.4, -0.2) is 55.1 Å². The van der Waals surface area contributed by atoms with Crippen LogP contribution in [0.3, 0.4) is 0 Å². The smallest absolute Gasteiger partial charge is 0.290 e. The van der Waals surface area contributed by atoms with E-state index in [9.17, 15) is 9.59 Å². The van der Waals surface area contributed by atoms with Gasteiger partial charge >= 0.3 is 0 Å². The van der Waals surface area contributed by atoms with Crippen LogP contribution in [0.25, 0.3) is 11.0 Å². The maximum Gasteiger partial charge on any atom is 0.290 e. The number of fused-ring (bicyclic) bond motifs is 2. The van der Waals surface area contributed by atoms with Crippen LogP contribution in [0.5, 0.6) is 0 Å². The molecule has 2 aromatic carbocycles. The van der Waals surface area contributed by atoms with Crippen molar-refractivity contribution in [2.24, 2.45) is 0 Å². The Morgan fingerprint density at radius 3 is 2.52 bits per heavy atom. The highest BCUT2D eigenvalue weighted by molar-refractivity contribution is 9.10. The van der Waals surface area contributed by atoms with Gasteiger partial charge in [0.05, 0.1) is 30.2 Å². The molecule has 1 atom stereocenters. The Kier molecular flexibility index (Phi) is 5.60. The van der Waals surface area contributed by atoms with Gasteiger partial charge in [-0.05, 0) is 35.9 Å². The fourth-order valence-corrected chi connectivity index (χ4v) is 4.73. The average molecular weight is 504 g/mol. The monoisotopic (exact) mass is 502 g/mol. The lowest BCUT2D eigenvalue weighted by atomic mass is 9.98. The molecular weight excluding hydrogens is 484 g/mol. The normalized spacial score (nSPS) is 19.2. The van der Waals surface area contributed by atoms with Crippen LogP contribution in [0.4, 0.5) is 0 Å². The van der Waals surface area contributed by atoms with Crippen LogP contribution in [-0.2, 0) is 4.74 Å². The van der Waals surface area contributed by atoms with Crippen molar-refractivity contribution in [1.82, 2.24) is 9.80 Å². The number of morpholine rings is 1. The minimum absolute atomic E-state index is 0.120. The summed E-state index contributed by atoms with van der Waals surface area (Å²) in [6.45, 7) is 4.23. The van der Waals surface area contributed by atoms with Crippen molar-refractivity contribution >= 4 is 44.4 Å². The molecule has 0 aliphatic carbocycles. The number of nitrogens with zero attached hydrogens (tertiary/aromatic N) is 2. The molecule has 0 N–H and O–H groups in total. The molecule has 2 aliphatic heterocycles. The van der Waals surface area contributed by atoms with Crippen molar-refractivity contribution < 1.29 is 13.9 Å². The molecule has 0 saturated carbocycles. The number of benzene rings is 2. The van der Waals surface area contributed by atoms with Crippen LogP contribution in [0, 0.1) is 0 Å². The lowest BCUT2D eigenvalue weighted by Gasteiger charge is -2.31. The highest BCUT2D eigenvalue weighted by Gasteiger charge is 2.42. The molecule has 0 bridgehead atoms. The Bertz CT molecular complexity index is 1200. The highest BCUT2D eigenvalue weighted by atomic mass is 79.9. The fraction of sp³-hybridized carbons (Fsp3) is 0.304. The third-order valence-electron chi connectivity index (χ3n) is 5.87. The maximum absolute atomic E-state index is 13.5. The number of amides is 1. The summed E-state index contributed by atoms with van der Waals surface area (Å²) in [4.78, 5) is 30.9. The van der Waals surface area contributed by atoms with Crippen LogP contribution in [0.2, 0.25) is 5.02 Å². The van der Waals surface area contributed by atoms with Crippen LogP contribution < -0.4 is 5.43 Å². The first-order chi connectivity index (χ1) is 15.0. The summed E-state index contributed by atoms with van der Waals surface area (Å²) < 4.78 is 12.3. The van der Waals surface area contributed by atoms with E-state index in [4.69, 9.17) is 20.8 Å². The lowest BCUT2D eigenvalue weighted by Crippen LogP contribution is -2.42. The Morgan fingerprint density at radius 1 is 1.03 bits per heavy atom. The zero-order valence-corrected chi connectivity index (χ0v) is 19.0. The van der Waals surface area contributed by atoms with Crippen LogP contribution >= 0.6 is 27.5 Å². The number of ether oxygens (including phenoxy) is 1. The van der Waals surface area contributed by atoms with Crippen molar-refractivity contribution in [2.45, 2.75) is 6.04 Å². The molecule has 31 heavy (non-hydrogen) atoms. The van der Waals surface area contributed by atoms with Gasteiger partial charge in [0.15, 0.2) is 5.43 Å². The summed E-state index contributed by atoms with van der Waals surface area (Å²) in [6, 6.07) is 12.1. The molecule has 2 aliphatic rings. The van der Waals surface area contributed by atoms with Crippen molar-refractivity contribution in [3.8, 4) is 0 Å². The van der Waals surface area contributed by atoms with E-state index in [1.54, 1.807) is 23.1 Å². The van der Waals surface area contributed by atoms with E-state index in [-0.39, 0.29) is 17.1 Å². The first-order valence-electron chi connectivity index (χ1n) is 10.2. The second-order valence-corrected chi connectivity index (χ2v) is 9.07. The van der Waals surface area contributed by atoms with Gasteiger partial charge in [-0.3, -0.25) is 14.5 Å². The summed E-state index contributed by atoms with van der Waals surface area (Å²) in [7, 11) is 0. The molecule has 5 rings (SSSR count). The van der Waals surface area contributed by atoms with E-state index in [0.29, 0.717) is 47.9 Å². The van der Waals surface area contributed by atoms with Gasteiger partial charge in [-0.25, -0.2) is 0 Å². The predicted molar refractivity (Wildman–Crippen MR) is 122 cm³/mol. The molecule has 1 aromatic heterocycles. The predicted octanol–water partition coefficient (Wildman–Crippen LogP) is 4.09. The molecule has 6 nitrogen and oxygen atoms in total. The zero-order chi connectivity index (χ0) is 21.5. The molecule has 1 unspecified atom stereocenters. The van der Waals surface area contributed by atoms with Gasteiger partial charge in [0.25, 0.3) is 5.91 Å². The number of carbonyl (C=O) groups is 1. The van der Waals surface area contributed by atoms with E-state index in [0.717, 1.165) is 23.1 Å². The van der Waals surface area contributed by atoms with Gasteiger partial charge < -0.3 is 14.1 Å². The SMILES string of the molecule is O=C1c2oc3ccc(Cl)cc3c(=O)c2C(c2ccc(Br)cc2)N1CCN1CCOCC1. The van der Waals surface area contributed by atoms with E-state index >= 15 is 0 Å². The van der Waals surface area contributed by atoms with Crippen molar-refractivity contribution in [2.75, 3.05) is 39.4 Å². The van der Waals surface area contributed by atoms with E-state index in [1.807, 2.05) is 24.3 Å². The second-order valence-electron chi connectivity index (χ2n) is 7.72. The standard InChI is InChI=1S/C23H20BrClN2O4/c24-15-3-1-14(2-4-15)20-19-21(28)17-13-16(25)5-6-18(17)31-22(19)23(29)27(20)8-7-26-9-11-30-12-10-26/h1-6,13,20H,7-12H2. The van der Waals surface area contributed by atoms with Crippen LogP contribution in [0.15, 0.2) is 56.1 Å². The Morgan fingerprint density at radius 2 is 1.77 bits per heavy atom. The van der Waals surface area contributed by atoms with Gasteiger partial charge in [0.1, 0.15) is 5.58 Å². The summed E-state index contributed by atoms with van der Waals surface area (Å²) in [5.74, 6) is -0.139. The van der Waals surface area contributed by atoms with Gasteiger partial charge in [-0.2, -0.15) is 0 Å². The summed E-state index contributed by atoms with van der Waals surface area (Å²) in [6.07, 6.45) is 0. The highest BCUT2D eigenvalue weighted by Crippen LogP contribution is 2.38. The van der Waals surface area contributed by atoms with Gasteiger partial charge in [0, 0.05) is 35.7 Å². The minimum Gasteiger partial charge on any atom is -0.450 e. The summed E-state index contributed by atoms with van der Waals surface area (Å²) >= 11 is 9.58. The number of halogens is 2. The molecule has 160 valence electrons. The Labute approximate surface area is 192 Å². The summed E-state index contributed by atoms with van der Waals surface area (Å²) in [5.41, 5.74) is 1.40. The Balaban J connectivity index is 1.60. The van der Waals surface area contributed by atoms with Crippen molar-refractivity contribution in [3.63, 3.8) is 0 Å². The van der Waals surface area contributed by atoms with E-state index < -0.39 is 6.04 Å². The molecule has 1 amide bonds. The topological polar surface area (TPSA) is 63.0 Å². The van der Waals surface area contributed by atoms with Crippen molar-refractivity contribution in [1.29, 1.82) is 0 Å². The molecule has 1 fully saturated rings. The Hall–Kier alpha value is -2.19. The quantitative estimate of drug-likeness (QED) is 0.537. The first kappa shape index (κ1) is 20.7. The van der Waals surface area contributed by atoms with Gasteiger partial charge in [-0.1, -0.05) is 39.7 Å². The van der Waals surface area contributed by atoms with E-state index in [1.165, 1.54) is 0 Å². The number of carbonyl (C=O) groups excluding carboxylic acids is 1. The maximum atomic E-state index is 13.5. The molecule has 0 spiro atoms. The second kappa shape index (κ2) is 8.39. The minimum atomic E-state index is -0.503. The first-order valence-corrected chi connectivity index (χ1v) is 11.3. The zero-order valence-electron chi connectivity index (χ0n) is 16.6. The lowest BCUT2D eigenvalue weighted by molar-refractivity contribution is 0.0314. The summed E-state index contributed by atoms with van der Waals surface area (Å²) in [5, 5.41) is 0.838. The molecule has 1 saturated heterocycles. The molecule has 0 radical (unpaired) electrons. The fourth-order valence-electron chi connectivity index (χ4n) is 4.29. The average Bonchev–Trinajstić information content (AvgIpc) is 3.06. The van der Waals surface area contributed by atoms with Gasteiger partial charge in [-0.15, -0.1) is 0 Å². The van der Waals surface area contributed by atoms with Crippen LogP contribution in [0.1, 0.15) is 27.7 Å². The molecule has 3 heterocycles. The van der Waals surface area contributed by atoms with E-state index in [2.05, 4.69) is 20.8 Å². The number of rotatable bonds is 4. The van der Waals surface area contributed by atoms with Crippen molar-refractivity contribution in [3.05, 3.63) is 79.1 Å². The molecule has 3 aromatic rings. The number of hydrogen-bond donors (Lipinski definition) is 0. The van der Waals surface area contributed by atoms with Gasteiger partial charge in [0.2, 0.25) is 5.76 Å². The third kappa shape index (κ3) is 3.80. The third-order valence-corrected chi connectivity index (χ3v) is 6.64. The largest absolute Gasteiger partial charge is 0.450 e. The molecule has 8 heteroatoms.